The van der Waals surface area contributed by atoms with Crippen LogP contribution in [0.15, 0.2) is 29.4 Å². The molecule has 1 aromatic heterocycles. The van der Waals surface area contributed by atoms with Gasteiger partial charge in [-0.15, -0.1) is 0 Å². The van der Waals surface area contributed by atoms with Gasteiger partial charge in [-0.05, 0) is 13.0 Å². The quantitative estimate of drug-likeness (QED) is 0.656. The summed E-state index contributed by atoms with van der Waals surface area (Å²) in [6, 6.07) is 2.49. The fourth-order valence-corrected chi connectivity index (χ4v) is 2.52. The number of sulfonamides is 1. The molecule has 0 spiro atoms. The number of rotatable bonds is 4. The number of benzene rings is 1. The molecule has 10 heteroatoms. The lowest BCUT2D eigenvalue weighted by molar-refractivity contribution is -0.383. The standard InChI is InChI=1S/C10H9FN4O4S/c1-6-12-5-10(13-6)20(18,19)14-8-4-7(11)2-3-9(8)15(16)17/h2-5,14H,1H3,(H,12,13). The number of nitro benzene ring substituents is 1. The maximum Gasteiger partial charge on any atom is 0.293 e. The Morgan fingerprint density at radius 3 is 2.70 bits per heavy atom. The lowest BCUT2D eigenvalue weighted by Crippen LogP contribution is -2.14. The highest BCUT2D eigenvalue weighted by atomic mass is 32.2. The van der Waals surface area contributed by atoms with Crippen LogP contribution in [0.1, 0.15) is 5.82 Å². The molecule has 2 N–H and O–H groups in total. The lowest BCUT2D eigenvalue weighted by Gasteiger charge is -2.06. The first-order valence-electron chi connectivity index (χ1n) is 5.28. The van der Waals surface area contributed by atoms with Crippen molar-refractivity contribution in [2.75, 3.05) is 4.72 Å². The number of aryl methyl sites for hydroxylation is 1. The first kappa shape index (κ1) is 13.9. The van der Waals surface area contributed by atoms with Crippen molar-refractivity contribution < 1.29 is 17.7 Å². The number of hydrogen-bond donors (Lipinski definition) is 2. The summed E-state index contributed by atoms with van der Waals surface area (Å²) in [5.41, 5.74) is -1.01. The summed E-state index contributed by atoms with van der Waals surface area (Å²) in [4.78, 5) is 16.2. The zero-order valence-electron chi connectivity index (χ0n) is 10.1. The van der Waals surface area contributed by atoms with Crippen molar-refractivity contribution in [2.45, 2.75) is 11.9 Å². The molecule has 0 amide bonds. The van der Waals surface area contributed by atoms with Gasteiger partial charge in [0.15, 0.2) is 5.03 Å². The number of aromatic nitrogens is 2. The number of aromatic amines is 1. The van der Waals surface area contributed by atoms with Gasteiger partial charge in [-0.2, -0.15) is 8.42 Å². The highest BCUT2D eigenvalue weighted by molar-refractivity contribution is 7.92. The fraction of sp³-hybridized carbons (Fsp3) is 0.100. The minimum absolute atomic E-state index is 0.270. The molecule has 20 heavy (non-hydrogen) atoms. The molecule has 0 aliphatic carbocycles. The number of nitrogens with zero attached hydrogens (tertiary/aromatic N) is 2. The summed E-state index contributed by atoms with van der Waals surface area (Å²) in [7, 11) is -4.10. The Morgan fingerprint density at radius 1 is 1.45 bits per heavy atom. The smallest absolute Gasteiger partial charge is 0.293 e. The van der Waals surface area contributed by atoms with Gasteiger partial charge in [-0.1, -0.05) is 0 Å². The van der Waals surface area contributed by atoms with Crippen LogP contribution in [0.5, 0.6) is 0 Å². The number of halogens is 1. The Balaban J connectivity index is 2.44. The van der Waals surface area contributed by atoms with Crippen LogP contribution in [0.25, 0.3) is 0 Å². The van der Waals surface area contributed by atoms with Gasteiger partial charge in [-0.3, -0.25) is 14.8 Å². The topological polar surface area (TPSA) is 118 Å². The monoisotopic (exact) mass is 300 g/mol. The first-order valence-corrected chi connectivity index (χ1v) is 6.76. The van der Waals surface area contributed by atoms with Gasteiger partial charge in [0.05, 0.1) is 11.1 Å². The molecule has 0 radical (unpaired) electrons. The van der Waals surface area contributed by atoms with Crippen LogP contribution < -0.4 is 4.72 Å². The molecule has 2 rings (SSSR count). The predicted molar refractivity (Wildman–Crippen MR) is 67.2 cm³/mol. The van der Waals surface area contributed by atoms with E-state index in [2.05, 4.69) is 9.97 Å². The molecule has 2 aromatic rings. The van der Waals surface area contributed by atoms with Crippen molar-refractivity contribution >= 4 is 21.4 Å². The molecule has 0 bridgehead atoms. The molecule has 0 saturated carbocycles. The Bertz CT molecular complexity index is 771. The summed E-state index contributed by atoms with van der Waals surface area (Å²) in [6.07, 6.45) is 1.06. The molecule has 106 valence electrons. The summed E-state index contributed by atoms with van der Waals surface area (Å²) in [5.74, 6) is -0.437. The average molecular weight is 300 g/mol. The zero-order valence-corrected chi connectivity index (χ0v) is 10.9. The second-order valence-electron chi connectivity index (χ2n) is 3.86. The maximum atomic E-state index is 13.1. The minimum Gasteiger partial charge on any atom is -0.332 e. The average Bonchev–Trinajstić information content (AvgIpc) is 2.75. The van der Waals surface area contributed by atoms with Crippen molar-refractivity contribution in [3.8, 4) is 0 Å². The van der Waals surface area contributed by atoms with E-state index in [9.17, 15) is 22.9 Å². The minimum atomic E-state index is -4.10. The molecule has 0 aliphatic rings. The Labute approximate surface area is 112 Å². The number of H-pyrrole nitrogens is 1. The Hall–Kier alpha value is -2.49. The highest BCUT2D eigenvalue weighted by Crippen LogP contribution is 2.27. The second-order valence-corrected chi connectivity index (χ2v) is 5.51. The number of anilines is 1. The van der Waals surface area contributed by atoms with E-state index in [0.29, 0.717) is 5.82 Å². The van der Waals surface area contributed by atoms with E-state index in [0.717, 1.165) is 24.4 Å². The number of imidazole rings is 1. The largest absolute Gasteiger partial charge is 0.332 e. The van der Waals surface area contributed by atoms with E-state index in [1.54, 1.807) is 6.92 Å². The highest BCUT2D eigenvalue weighted by Gasteiger charge is 2.22. The molecule has 0 atom stereocenters. The summed E-state index contributed by atoms with van der Waals surface area (Å²) in [5, 5.41) is 10.5. The van der Waals surface area contributed by atoms with Crippen LogP contribution in [0, 0.1) is 22.9 Å². The van der Waals surface area contributed by atoms with E-state index >= 15 is 0 Å². The molecular weight excluding hydrogens is 291 g/mol. The van der Waals surface area contributed by atoms with Gasteiger partial charge in [0.1, 0.15) is 17.3 Å². The van der Waals surface area contributed by atoms with Crippen LogP contribution in [0.3, 0.4) is 0 Å². The van der Waals surface area contributed by atoms with Crippen molar-refractivity contribution in [1.82, 2.24) is 9.97 Å². The number of nitrogens with one attached hydrogen (secondary N) is 2. The molecule has 1 heterocycles. The van der Waals surface area contributed by atoms with E-state index in [1.807, 2.05) is 4.72 Å². The molecular formula is C10H9FN4O4S. The third-order valence-electron chi connectivity index (χ3n) is 2.37. The maximum absolute atomic E-state index is 13.1. The lowest BCUT2D eigenvalue weighted by atomic mass is 10.3. The predicted octanol–water partition coefficient (Wildman–Crippen LogP) is 1.57. The van der Waals surface area contributed by atoms with Crippen LogP contribution >= 0.6 is 0 Å². The van der Waals surface area contributed by atoms with Crippen molar-refractivity contribution in [3.05, 3.63) is 46.2 Å². The van der Waals surface area contributed by atoms with Gasteiger partial charge in [0.25, 0.3) is 15.7 Å². The van der Waals surface area contributed by atoms with Gasteiger partial charge >= 0.3 is 0 Å². The molecule has 0 saturated heterocycles. The van der Waals surface area contributed by atoms with Gasteiger partial charge in [0.2, 0.25) is 0 Å². The van der Waals surface area contributed by atoms with E-state index in [1.165, 1.54) is 0 Å². The third-order valence-corrected chi connectivity index (χ3v) is 3.64. The van der Waals surface area contributed by atoms with E-state index < -0.39 is 32.1 Å². The van der Waals surface area contributed by atoms with Crippen LogP contribution in [0.2, 0.25) is 0 Å². The molecule has 8 nitrogen and oxygen atoms in total. The summed E-state index contributed by atoms with van der Waals surface area (Å²) in [6.45, 7) is 1.55. The van der Waals surface area contributed by atoms with Crippen molar-refractivity contribution in [3.63, 3.8) is 0 Å². The second kappa shape index (κ2) is 4.89. The Kier molecular flexibility index (Phi) is 3.40. The van der Waals surface area contributed by atoms with Crippen LogP contribution in [-0.4, -0.2) is 23.3 Å². The molecule has 0 fully saturated rings. The normalized spacial score (nSPS) is 11.3. The van der Waals surface area contributed by atoms with Gasteiger partial charge in [-0.25, -0.2) is 9.37 Å². The third kappa shape index (κ3) is 2.74. The number of hydrogen-bond acceptors (Lipinski definition) is 5. The van der Waals surface area contributed by atoms with E-state index in [-0.39, 0.29) is 5.03 Å². The summed E-state index contributed by atoms with van der Waals surface area (Å²) >= 11 is 0. The van der Waals surface area contributed by atoms with Crippen molar-refractivity contribution in [2.24, 2.45) is 0 Å². The molecule has 0 unspecified atom stereocenters. The number of nitro groups is 1. The zero-order chi connectivity index (χ0) is 14.9. The molecule has 0 aliphatic heterocycles. The summed E-state index contributed by atoms with van der Waals surface area (Å²) < 4.78 is 39.0. The van der Waals surface area contributed by atoms with Crippen molar-refractivity contribution in [1.29, 1.82) is 0 Å². The SMILES string of the molecule is Cc1ncc(S(=O)(=O)Nc2cc(F)ccc2[N+](=O)[O-])[nH]1. The van der Waals surface area contributed by atoms with Crippen LogP contribution in [-0.2, 0) is 10.0 Å². The Morgan fingerprint density at radius 2 is 2.15 bits per heavy atom. The van der Waals surface area contributed by atoms with Gasteiger partial charge in [0, 0.05) is 12.1 Å². The fourth-order valence-electron chi connectivity index (χ4n) is 1.48. The van der Waals surface area contributed by atoms with E-state index in [4.69, 9.17) is 0 Å². The van der Waals surface area contributed by atoms with Crippen LogP contribution in [0.4, 0.5) is 15.8 Å². The molecule has 1 aromatic carbocycles. The first-order chi connectivity index (χ1) is 9.29. The van der Waals surface area contributed by atoms with Gasteiger partial charge < -0.3 is 4.98 Å².